The third-order valence-electron chi connectivity index (χ3n) is 1.78. The van der Waals surface area contributed by atoms with Gasteiger partial charge < -0.3 is 4.90 Å². The van der Waals surface area contributed by atoms with E-state index in [-0.39, 0.29) is 5.91 Å². The first-order chi connectivity index (χ1) is 5.17. The molecule has 0 saturated heterocycles. The lowest BCUT2D eigenvalue weighted by Gasteiger charge is -2.18. The van der Waals surface area contributed by atoms with Gasteiger partial charge in [-0.15, -0.1) is 0 Å². The zero-order chi connectivity index (χ0) is 8.85. The van der Waals surface area contributed by atoms with Crippen LogP contribution >= 0.6 is 0 Å². The third-order valence-corrected chi connectivity index (χ3v) is 1.78. The molecule has 2 heteroatoms. The van der Waals surface area contributed by atoms with E-state index < -0.39 is 0 Å². The van der Waals surface area contributed by atoms with Crippen molar-refractivity contribution in [3.05, 3.63) is 12.2 Å². The second-order valence-electron chi connectivity index (χ2n) is 2.43. The van der Waals surface area contributed by atoms with Crippen molar-refractivity contribution in [2.24, 2.45) is 0 Å². The van der Waals surface area contributed by atoms with E-state index in [0.717, 1.165) is 19.5 Å². The molecule has 0 saturated carbocycles. The van der Waals surface area contributed by atoms with Gasteiger partial charge in [0.05, 0.1) is 0 Å². The average molecular weight is 155 g/mol. The van der Waals surface area contributed by atoms with Gasteiger partial charge in [-0.25, -0.2) is 0 Å². The number of hydrogen-bond acceptors (Lipinski definition) is 1. The minimum atomic E-state index is 0.0949. The van der Waals surface area contributed by atoms with Crippen molar-refractivity contribution in [1.29, 1.82) is 0 Å². The maximum Gasteiger partial charge on any atom is 0.249 e. The summed E-state index contributed by atoms with van der Waals surface area (Å²) in [7, 11) is 0. The Balaban J connectivity index is 4.09. The second-order valence-corrected chi connectivity index (χ2v) is 2.43. The molecule has 0 bridgehead atoms. The summed E-state index contributed by atoms with van der Waals surface area (Å²) < 4.78 is 0. The molecule has 0 spiro atoms. The number of carbonyl (C=O) groups is 1. The Hall–Kier alpha value is -0.790. The summed E-state index contributed by atoms with van der Waals surface area (Å²) in [5.41, 5.74) is 0.703. The van der Waals surface area contributed by atoms with Gasteiger partial charge in [-0.1, -0.05) is 13.5 Å². The average Bonchev–Trinajstić information content (AvgIpc) is 2.05. The van der Waals surface area contributed by atoms with Crippen LogP contribution in [0.1, 0.15) is 27.2 Å². The topological polar surface area (TPSA) is 20.3 Å². The molecule has 1 amide bonds. The molecule has 0 aromatic carbocycles. The van der Waals surface area contributed by atoms with Gasteiger partial charge in [-0.2, -0.15) is 0 Å². The molecule has 0 heterocycles. The van der Waals surface area contributed by atoms with Crippen LogP contribution in [0.15, 0.2) is 12.2 Å². The highest BCUT2D eigenvalue weighted by Gasteiger charge is 2.10. The lowest BCUT2D eigenvalue weighted by Crippen LogP contribution is -2.31. The number of rotatable bonds is 4. The predicted octanol–water partition coefficient (Wildman–Crippen LogP) is 1.82. The van der Waals surface area contributed by atoms with E-state index in [1.54, 1.807) is 4.90 Å². The van der Waals surface area contributed by atoms with E-state index in [4.69, 9.17) is 0 Å². The lowest BCUT2D eigenvalue weighted by molar-refractivity contribution is -0.126. The number of amides is 1. The van der Waals surface area contributed by atoms with Gasteiger partial charge in [-0.3, -0.25) is 4.79 Å². The monoisotopic (exact) mass is 155 g/mol. The van der Waals surface area contributed by atoms with Crippen LogP contribution in [0.5, 0.6) is 0 Å². The van der Waals surface area contributed by atoms with Gasteiger partial charge in [0.15, 0.2) is 0 Å². The molecule has 11 heavy (non-hydrogen) atoms. The van der Waals surface area contributed by atoms with Crippen LogP contribution in [0.25, 0.3) is 0 Å². The fourth-order valence-electron chi connectivity index (χ4n) is 0.886. The molecule has 0 aliphatic carbocycles. The molecule has 0 rings (SSSR count). The number of likely N-dealkylation sites (N-methyl/N-ethyl adjacent to an activating group) is 1. The lowest BCUT2D eigenvalue weighted by atomic mass is 10.2. The van der Waals surface area contributed by atoms with Crippen molar-refractivity contribution in [3.8, 4) is 0 Å². The van der Waals surface area contributed by atoms with Crippen LogP contribution < -0.4 is 0 Å². The minimum Gasteiger partial charge on any atom is -0.340 e. The molecule has 0 aromatic heterocycles. The van der Waals surface area contributed by atoms with Crippen LogP contribution in [-0.4, -0.2) is 23.9 Å². The van der Waals surface area contributed by atoms with Crippen molar-refractivity contribution < 1.29 is 4.79 Å². The van der Waals surface area contributed by atoms with Crippen LogP contribution in [0.3, 0.4) is 0 Å². The molecule has 0 aliphatic heterocycles. The standard InChI is InChI=1S/C9H17NO/c1-5-8(4)9(11)10(6-2)7-3/h4-7H2,1-3H3. The fraction of sp³-hybridized carbons (Fsp3) is 0.667. The summed E-state index contributed by atoms with van der Waals surface area (Å²) in [6.45, 7) is 11.1. The highest BCUT2D eigenvalue weighted by atomic mass is 16.2. The molecule has 0 aromatic rings. The van der Waals surface area contributed by atoms with Crippen molar-refractivity contribution in [3.63, 3.8) is 0 Å². The minimum absolute atomic E-state index is 0.0949. The SMILES string of the molecule is C=C(CC)C(=O)N(CC)CC. The quantitative estimate of drug-likeness (QED) is 0.567. The molecule has 0 atom stereocenters. The maximum absolute atomic E-state index is 11.4. The molecular weight excluding hydrogens is 138 g/mol. The van der Waals surface area contributed by atoms with E-state index in [0.29, 0.717) is 5.57 Å². The predicted molar refractivity (Wildman–Crippen MR) is 47.4 cm³/mol. The van der Waals surface area contributed by atoms with E-state index in [2.05, 4.69) is 6.58 Å². The fourth-order valence-corrected chi connectivity index (χ4v) is 0.886. The molecule has 0 fully saturated rings. The first-order valence-corrected chi connectivity index (χ1v) is 4.14. The molecule has 64 valence electrons. The van der Waals surface area contributed by atoms with Crippen LogP contribution in [0, 0.1) is 0 Å². The zero-order valence-corrected chi connectivity index (χ0v) is 7.68. The molecule has 0 radical (unpaired) electrons. The molecule has 0 aliphatic rings. The Morgan fingerprint density at radius 1 is 1.27 bits per heavy atom. The van der Waals surface area contributed by atoms with E-state index in [9.17, 15) is 4.79 Å². The molecule has 0 unspecified atom stereocenters. The van der Waals surface area contributed by atoms with Crippen molar-refractivity contribution in [2.45, 2.75) is 27.2 Å². The van der Waals surface area contributed by atoms with Crippen molar-refractivity contribution >= 4 is 5.91 Å². The zero-order valence-electron chi connectivity index (χ0n) is 7.68. The summed E-state index contributed by atoms with van der Waals surface area (Å²) in [6.07, 6.45) is 0.745. The first-order valence-electron chi connectivity index (χ1n) is 4.14. The summed E-state index contributed by atoms with van der Waals surface area (Å²) in [5, 5.41) is 0. The summed E-state index contributed by atoms with van der Waals surface area (Å²) >= 11 is 0. The van der Waals surface area contributed by atoms with Crippen LogP contribution in [0.2, 0.25) is 0 Å². The van der Waals surface area contributed by atoms with E-state index >= 15 is 0 Å². The van der Waals surface area contributed by atoms with E-state index in [1.165, 1.54) is 0 Å². The van der Waals surface area contributed by atoms with Crippen molar-refractivity contribution in [2.75, 3.05) is 13.1 Å². The summed E-state index contributed by atoms with van der Waals surface area (Å²) in [6, 6.07) is 0. The van der Waals surface area contributed by atoms with Crippen molar-refractivity contribution in [1.82, 2.24) is 4.90 Å². The molecular formula is C9H17NO. The van der Waals surface area contributed by atoms with Gasteiger partial charge in [0.1, 0.15) is 0 Å². The third kappa shape index (κ3) is 2.74. The Morgan fingerprint density at radius 2 is 1.73 bits per heavy atom. The Morgan fingerprint density at radius 3 is 2.00 bits per heavy atom. The van der Waals surface area contributed by atoms with Gasteiger partial charge in [-0.05, 0) is 20.3 Å². The Labute approximate surface area is 68.9 Å². The second kappa shape index (κ2) is 4.94. The molecule has 2 nitrogen and oxygen atoms in total. The largest absolute Gasteiger partial charge is 0.340 e. The van der Waals surface area contributed by atoms with Gasteiger partial charge in [0.25, 0.3) is 0 Å². The van der Waals surface area contributed by atoms with Gasteiger partial charge in [0.2, 0.25) is 5.91 Å². The first kappa shape index (κ1) is 10.2. The maximum atomic E-state index is 11.4. The number of hydrogen-bond donors (Lipinski definition) is 0. The summed E-state index contributed by atoms with van der Waals surface area (Å²) in [4.78, 5) is 13.1. The Bertz CT molecular complexity index is 148. The highest BCUT2D eigenvalue weighted by molar-refractivity contribution is 5.92. The smallest absolute Gasteiger partial charge is 0.249 e. The van der Waals surface area contributed by atoms with Gasteiger partial charge >= 0.3 is 0 Å². The van der Waals surface area contributed by atoms with Gasteiger partial charge in [0, 0.05) is 18.7 Å². The normalized spacial score (nSPS) is 9.36. The molecule has 0 N–H and O–H groups in total. The van der Waals surface area contributed by atoms with Crippen LogP contribution in [0.4, 0.5) is 0 Å². The van der Waals surface area contributed by atoms with Crippen LogP contribution in [-0.2, 0) is 4.79 Å². The van der Waals surface area contributed by atoms with E-state index in [1.807, 2.05) is 20.8 Å². The number of nitrogens with zero attached hydrogens (tertiary/aromatic N) is 1. The summed E-state index contributed by atoms with van der Waals surface area (Å²) in [5.74, 6) is 0.0949. The Kier molecular flexibility index (Phi) is 4.59. The highest BCUT2D eigenvalue weighted by Crippen LogP contribution is 2.02. The number of carbonyl (C=O) groups excluding carboxylic acids is 1.